The van der Waals surface area contributed by atoms with Crippen molar-refractivity contribution in [3.05, 3.63) is 35.4 Å². The maximum Gasteiger partial charge on any atom is 0.239 e. The van der Waals surface area contributed by atoms with Crippen LogP contribution in [0, 0.1) is 0 Å². The summed E-state index contributed by atoms with van der Waals surface area (Å²) in [5, 5.41) is 16.2. The minimum atomic E-state index is -0.715. The van der Waals surface area contributed by atoms with E-state index in [1.54, 1.807) is 0 Å². The molecule has 1 aliphatic heterocycles. The topological polar surface area (TPSA) is 70.6 Å². The number of carbonyl (C=O) groups excluding carboxylic acids is 1. The Morgan fingerprint density at radius 2 is 2.00 bits per heavy atom. The number of hydrogen-bond donors (Lipinski definition) is 3. The Balaban J connectivity index is 0.00000288. The van der Waals surface area contributed by atoms with Gasteiger partial charge in [0.1, 0.15) is 6.04 Å². The van der Waals surface area contributed by atoms with Gasteiger partial charge in [0.25, 0.3) is 0 Å². The number of morpholine rings is 1. The number of aliphatic hydroxyl groups is 1. The quantitative estimate of drug-likeness (QED) is 0.771. The number of halogens is 1. The Bertz CT molecular complexity index is 528. The smallest absolute Gasteiger partial charge is 0.239 e. The average molecular weight is 357 g/mol. The lowest BCUT2D eigenvalue weighted by Gasteiger charge is -2.29. The highest BCUT2D eigenvalue weighted by Crippen LogP contribution is 2.23. The van der Waals surface area contributed by atoms with Crippen LogP contribution in [0.25, 0.3) is 0 Å². The molecule has 1 heterocycles. The molecule has 0 saturated carbocycles. The fourth-order valence-corrected chi connectivity index (χ4v) is 2.66. The van der Waals surface area contributed by atoms with Crippen LogP contribution in [-0.2, 0) is 14.9 Å². The maximum atomic E-state index is 12.2. The molecule has 2 rings (SSSR count). The van der Waals surface area contributed by atoms with E-state index in [1.165, 1.54) is 5.56 Å². The summed E-state index contributed by atoms with van der Waals surface area (Å²) < 4.78 is 5.46. The molecule has 24 heavy (non-hydrogen) atoms. The lowest BCUT2D eigenvalue weighted by atomic mass is 9.86. The zero-order valence-electron chi connectivity index (χ0n) is 14.8. The van der Waals surface area contributed by atoms with Crippen molar-refractivity contribution >= 4 is 18.3 Å². The zero-order chi connectivity index (χ0) is 17.0. The Kier molecular flexibility index (Phi) is 7.67. The van der Waals surface area contributed by atoms with Gasteiger partial charge in [0.2, 0.25) is 5.91 Å². The predicted molar refractivity (Wildman–Crippen MR) is 97.6 cm³/mol. The third-order valence-electron chi connectivity index (χ3n) is 4.23. The molecule has 6 heteroatoms. The number of nitrogens with one attached hydrogen (secondary N) is 2. The van der Waals surface area contributed by atoms with Gasteiger partial charge in [-0.25, -0.2) is 0 Å². The van der Waals surface area contributed by atoms with Crippen LogP contribution in [0.15, 0.2) is 24.3 Å². The van der Waals surface area contributed by atoms with Gasteiger partial charge < -0.3 is 20.5 Å². The van der Waals surface area contributed by atoms with Crippen LogP contribution >= 0.6 is 12.4 Å². The first-order valence-corrected chi connectivity index (χ1v) is 8.20. The zero-order valence-corrected chi connectivity index (χ0v) is 15.7. The molecule has 0 aromatic heterocycles. The molecule has 3 atom stereocenters. The molecule has 3 N–H and O–H groups in total. The van der Waals surface area contributed by atoms with E-state index >= 15 is 0 Å². The molecule has 0 radical (unpaired) electrons. The summed E-state index contributed by atoms with van der Waals surface area (Å²) in [5.74, 6) is -0.137. The number of hydrogen-bond acceptors (Lipinski definition) is 4. The summed E-state index contributed by atoms with van der Waals surface area (Å²) in [5.41, 5.74) is 2.11. The summed E-state index contributed by atoms with van der Waals surface area (Å²) in [6.45, 7) is 9.81. The highest BCUT2D eigenvalue weighted by Gasteiger charge is 2.28. The molecule has 1 aromatic rings. The third-order valence-corrected chi connectivity index (χ3v) is 4.23. The molecule has 1 aromatic carbocycles. The van der Waals surface area contributed by atoms with Crippen molar-refractivity contribution in [3.8, 4) is 0 Å². The Hall–Kier alpha value is -1.14. The number of carbonyl (C=O) groups is 1. The van der Waals surface area contributed by atoms with Gasteiger partial charge in [-0.05, 0) is 23.5 Å². The second-order valence-electron chi connectivity index (χ2n) is 7.14. The van der Waals surface area contributed by atoms with Crippen LogP contribution in [0.1, 0.15) is 44.9 Å². The molecule has 136 valence electrons. The van der Waals surface area contributed by atoms with E-state index in [4.69, 9.17) is 4.74 Å². The minimum absolute atomic E-state index is 0. The van der Waals surface area contributed by atoms with Crippen molar-refractivity contribution in [2.45, 2.75) is 51.4 Å². The van der Waals surface area contributed by atoms with Crippen LogP contribution in [0.3, 0.4) is 0 Å². The highest BCUT2D eigenvalue weighted by molar-refractivity contribution is 5.85. The summed E-state index contributed by atoms with van der Waals surface area (Å²) in [4.78, 5) is 12.2. The first-order valence-electron chi connectivity index (χ1n) is 8.20. The molecule has 1 saturated heterocycles. The summed E-state index contributed by atoms with van der Waals surface area (Å²) in [6.07, 6.45) is -0.875. The Morgan fingerprint density at radius 1 is 1.38 bits per heavy atom. The van der Waals surface area contributed by atoms with Crippen LogP contribution in [0.4, 0.5) is 0 Å². The van der Waals surface area contributed by atoms with Crippen molar-refractivity contribution in [1.82, 2.24) is 10.6 Å². The highest BCUT2D eigenvalue weighted by atomic mass is 35.5. The van der Waals surface area contributed by atoms with E-state index in [0.29, 0.717) is 13.2 Å². The molecule has 1 aliphatic rings. The SMILES string of the molecule is C[C@H]1OCCN[C@@H]1C(=O)NCC(O)c1ccc(C(C)(C)C)cc1.Cl. The van der Waals surface area contributed by atoms with Crippen LogP contribution < -0.4 is 10.6 Å². The largest absolute Gasteiger partial charge is 0.387 e. The van der Waals surface area contributed by atoms with Crippen molar-refractivity contribution in [2.75, 3.05) is 19.7 Å². The fourth-order valence-electron chi connectivity index (χ4n) is 2.66. The number of benzene rings is 1. The predicted octanol–water partition coefficient (Wildman–Crippen LogP) is 1.93. The first-order chi connectivity index (χ1) is 10.8. The lowest BCUT2D eigenvalue weighted by Crippen LogP contribution is -2.55. The molecule has 1 unspecified atom stereocenters. The van der Waals surface area contributed by atoms with E-state index in [9.17, 15) is 9.90 Å². The van der Waals surface area contributed by atoms with E-state index in [-0.39, 0.29) is 42.4 Å². The molecular formula is C18H29ClN2O3. The molecule has 5 nitrogen and oxygen atoms in total. The van der Waals surface area contributed by atoms with Gasteiger partial charge >= 0.3 is 0 Å². The van der Waals surface area contributed by atoms with Gasteiger partial charge in [-0.3, -0.25) is 4.79 Å². The van der Waals surface area contributed by atoms with Crippen LogP contribution in [0.5, 0.6) is 0 Å². The van der Waals surface area contributed by atoms with Gasteiger partial charge in [-0.1, -0.05) is 45.0 Å². The standard InChI is InChI=1S/C18H28N2O3.ClH/c1-12-16(19-9-10-23-12)17(22)20-11-15(21)13-5-7-14(8-6-13)18(2,3)4;/h5-8,12,15-16,19,21H,9-11H2,1-4H3,(H,20,22);1H/t12-,15?,16+;/m1./s1. The molecule has 1 amide bonds. The normalized spacial score (nSPS) is 22.4. The molecule has 0 spiro atoms. The van der Waals surface area contributed by atoms with E-state index < -0.39 is 6.10 Å². The van der Waals surface area contributed by atoms with Crippen molar-refractivity contribution < 1.29 is 14.6 Å². The van der Waals surface area contributed by atoms with Gasteiger partial charge in [0.15, 0.2) is 0 Å². The summed E-state index contributed by atoms with van der Waals surface area (Å²) >= 11 is 0. The van der Waals surface area contributed by atoms with Crippen molar-refractivity contribution in [3.63, 3.8) is 0 Å². The Morgan fingerprint density at radius 3 is 2.54 bits per heavy atom. The number of amides is 1. The van der Waals surface area contributed by atoms with E-state index in [2.05, 4.69) is 31.4 Å². The average Bonchev–Trinajstić information content (AvgIpc) is 2.52. The molecule has 1 fully saturated rings. The second kappa shape index (κ2) is 8.81. The van der Waals surface area contributed by atoms with E-state index in [1.807, 2.05) is 31.2 Å². The fraction of sp³-hybridized carbons (Fsp3) is 0.611. The summed E-state index contributed by atoms with van der Waals surface area (Å²) in [6, 6.07) is 7.53. The molecule has 0 aliphatic carbocycles. The van der Waals surface area contributed by atoms with Crippen LogP contribution in [-0.4, -0.2) is 42.9 Å². The van der Waals surface area contributed by atoms with Gasteiger partial charge in [-0.15, -0.1) is 12.4 Å². The molecular weight excluding hydrogens is 328 g/mol. The number of aliphatic hydroxyl groups excluding tert-OH is 1. The number of ether oxygens (including phenoxy) is 1. The lowest BCUT2D eigenvalue weighted by molar-refractivity contribution is -0.129. The van der Waals surface area contributed by atoms with Gasteiger partial charge in [-0.2, -0.15) is 0 Å². The second-order valence-corrected chi connectivity index (χ2v) is 7.14. The minimum Gasteiger partial charge on any atom is -0.387 e. The Labute approximate surface area is 150 Å². The van der Waals surface area contributed by atoms with Crippen molar-refractivity contribution in [1.29, 1.82) is 0 Å². The summed E-state index contributed by atoms with van der Waals surface area (Å²) in [7, 11) is 0. The van der Waals surface area contributed by atoms with Gasteiger partial charge in [0.05, 0.1) is 18.8 Å². The third kappa shape index (κ3) is 5.45. The number of rotatable bonds is 4. The first kappa shape index (κ1) is 20.9. The van der Waals surface area contributed by atoms with Gasteiger partial charge in [0, 0.05) is 13.1 Å². The van der Waals surface area contributed by atoms with Crippen LogP contribution in [0.2, 0.25) is 0 Å². The van der Waals surface area contributed by atoms with E-state index in [0.717, 1.165) is 5.56 Å². The molecule has 0 bridgehead atoms. The monoisotopic (exact) mass is 356 g/mol. The van der Waals surface area contributed by atoms with Crippen molar-refractivity contribution in [2.24, 2.45) is 0 Å². The maximum absolute atomic E-state index is 12.2.